The molecule has 0 radical (unpaired) electrons. The number of hydrogen-bond donors (Lipinski definition) is 1. The summed E-state index contributed by atoms with van der Waals surface area (Å²) in [5.74, 6) is 1.61. The van der Waals surface area contributed by atoms with E-state index in [0.717, 1.165) is 43.4 Å². The summed E-state index contributed by atoms with van der Waals surface area (Å²) in [6.45, 7) is 4.06. The van der Waals surface area contributed by atoms with Crippen LogP contribution in [0.4, 0.5) is 5.69 Å². The van der Waals surface area contributed by atoms with Crippen LogP contribution >= 0.6 is 0 Å². The smallest absolute Gasteiger partial charge is 0.241 e. The van der Waals surface area contributed by atoms with Crippen molar-refractivity contribution in [3.05, 3.63) is 18.2 Å². The number of nitrogens with one attached hydrogen (secondary N) is 1. The summed E-state index contributed by atoms with van der Waals surface area (Å²) < 4.78 is 10.6. The van der Waals surface area contributed by atoms with Gasteiger partial charge in [-0.1, -0.05) is 0 Å². The van der Waals surface area contributed by atoms with Gasteiger partial charge in [-0.25, -0.2) is 0 Å². The number of anilines is 1. The number of carbonyl (C=O) groups is 1. The van der Waals surface area contributed by atoms with Gasteiger partial charge in [-0.3, -0.25) is 4.79 Å². The lowest BCUT2D eigenvalue weighted by Crippen LogP contribution is -2.48. The number of benzene rings is 1. The largest absolute Gasteiger partial charge is 0.454 e. The molecule has 3 rings (SSSR count). The van der Waals surface area contributed by atoms with Gasteiger partial charge in [0.25, 0.3) is 0 Å². The molecule has 2 heterocycles. The molecule has 1 saturated heterocycles. The summed E-state index contributed by atoms with van der Waals surface area (Å²) in [5.41, 5.74) is 0.872. The van der Waals surface area contributed by atoms with Crippen molar-refractivity contribution in [1.82, 2.24) is 9.80 Å². The van der Waals surface area contributed by atoms with Gasteiger partial charge in [0.05, 0.1) is 6.54 Å². The van der Waals surface area contributed by atoms with Crippen LogP contribution < -0.4 is 14.8 Å². The highest BCUT2D eigenvalue weighted by Crippen LogP contribution is 2.34. The van der Waals surface area contributed by atoms with E-state index in [1.807, 2.05) is 23.1 Å². The average Bonchev–Trinajstić information content (AvgIpc) is 2.93. The van der Waals surface area contributed by atoms with Gasteiger partial charge >= 0.3 is 0 Å². The van der Waals surface area contributed by atoms with Crippen LogP contribution in [0.15, 0.2) is 18.2 Å². The molecule has 1 aromatic carbocycles. The maximum Gasteiger partial charge on any atom is 0.241 e. The second-order valence-electron chi connectivity index (χ2n) is 5.11. The van der Waals surface area contributed by atoms with Gasteiger partial charge in [-0.2, -0.15) is 0 Å². The summed E-state index contributed by atoms with van der Waals surface area (Å²) in [6.07, 6.45) is 0. The Morgan fingerprint density at radius 1 is 1.20 bits per heavy atom. The lowest BCUT2D eigenvalue weighted by atomic mass is 10.2. The quantitative estimate of drug-likeness (QED) is 0.877. The zero-order valence-electron chi connectivity index (χ0n) is 11.6. The number of fused-ring (bicyclic) bond motifs is 1. The molecule has 20 heavy (non-hydrogen) atoms. The van der Waals surface area contributed by atoms with Crippen LogP contribution in [0.3, 0.4) is 0 Å². The van der Waals surface area contributed by atoms with Crippen LogP contribution in [0.2, 0.25) is 0 Å². The molecule has 1 aromatic rings. The van der Waals surface area contributed by atoms with E-state index >= 15 is 0 Å². The molecule has 0 aliphatic carbocycles. The SMILES string of the molecule is CN1CCN(C(=O)CNc2ccc3c(c2)OCO3)CC1. The Balaban J connectivity index is 1.53. The molecule has 6 nitrogen and oxygen atoms in total. The standard InChI is InChI=1S/C14H19N3O3/c1-16-4-6-17(7-5-16)14(18)9-15-11-2-3-12-13(8-11)20-10-19-12/h2-3,8,15H,4-7,9-10H2,1H3. The second kappa shape index (κ2) is 5.58. The molecule has 6 heteroatoms. The molecular formula is C14H19N3O3. The van der Waals surface area contributed by atoms with Crippen molar-refractivity contribution in [2.24, 2.45) is 0 Å². The van der Waals surface area contributed by atoms with Crippen molar-refractivity contribution in [3.63, 3.8) is 0 Å². The van der Waals surface area contributed by atoms with Gasteiger partial charge in [-0.15, -0.1) is 0 Å². The maximum absolute atomic E-state index is 12.1. The number of amides is 1. The predicted molar refractivity (Wildman–Crippen MR) is 75.1 cm³/mol. The molecule has 0 spiro atoms. The molecule has 108 valence electrons. The molecule has 2 aliphatic heterocycles. The van der Waals surface area contributed by atoms with Gasteiger partial charge in [0.15, 0.2) is 11.5 Å². The zero-order chi connectivity index (χ0) is 13.9. The van der Waals surface area contributed by atoms with Crippen LogP contribution in [-0.2, 0) is 4.79 Å². The van der Waals surface area contributed by atoms with E-state index < -0.39 is 0 Å². The highest BCUT2D eigenvalue weighted by atomic mass is 16.7. The fraction of sp³-hybridized carbons (Fsp3) is 0.500. The van der Waals surface area contributed by atoms with Crippen molar-refractivity contribution in [2.75, 3.05) is 51.9 Å². The van der Waals surface area contributed by atoms with E-state index in [1.165, 1.54) is 0 Å². The van der Waals surface area contributed by atoms with Crippen molar-refractivity contribution >= 4 is 11.6 Å². The lowest BCUT2D eigenvalue weighted by molar-refractivity contribution is -0.130. The second-order valence-corrected chi connectivity index (χ2v) is 5.11. The van der Waals surface area contributed by atoms with E-state index in [0.29, 0.717) is 6.54 Å². The number of ether oxygens (including phenoxy) is 2. The van der Waals surface area contributed by atoms with Crippen molar-refractivity contribution in [1.29, 1.82) is 0 Å². The fourth-order valence-corrected chi connectivity index (χ4v) is 2.35. The zero-order valence-corrected chi connectivity index (χ0v) is 11.6. The summed E-state index contributed by atoms with van der Waals surface area (Å²) in [4.78, 5) is 16.2. The van der Waals surface area contributed by atoms with E-state index in [2.05, 4.69) is 17.3 Å². The van der Waals surface area contributed by atoms with Crippen LogP contribution in [0.25, 0.3) is 0 Å². The van der Waals surface area contributed by atoms with E-state index in [9.17, 15) is 4.79 Å². The fourth-order valence-electron chi connectivity index (χ4n) is 2.35. The molecular weight excluding hydrogens is 258 g/mol. The predicted octanol–water partition coefficient (Wildman–Crippen LogP) is 0.601. The molecule has 1 amide bonds. The number of likely N-dealkylation sites (N-methyl/N-ethyl adjacent to an activating group) is 1. The highest BCUT2D eigenvalue weighted by Gasteiger charge is 2.19. The number of hydrogen-bond acceptors (Lipinski definition) is 5. The van der Waals surface area contributed by atoms with Crippen molar-refractivity contribution < 1.29 is 14.3 Å². The minimum atomic E-state index is 0.135. The molecule has 0 unspecified atom stereocenters. The van der Waals surface area contributed by atoms with Crippen molar-refractivity contribution in [3.8, 4) is 11.5 Å². The molecule has 2 aliphatic rings. The van der Waals surface area contributed by atoms with E-state index in [1.54, 1.807) is 0 Å². The van der Waals surface area contributed by atoms with Crippen LogP contribution in [-0.4, -0.2) is 62.3 Å². The molecule has 0 saturated carbocycles. The molecule has 1 fully saturated rings. The number of carbonyl (C=O) groups excluding carboxylic acids is 1. The van der Waals surface area contributed by atoms with E-state index in [4.69, 9.17) is 9.47 Å². The Kier molecular flexibility index (Phi) is 3.64. The summed E-state index contributed by atoms with van der Waals surface area (Å²) in [6, 6.07) is 5.61. The minimum absolute atomic E-state index is 0.135. The Morgan fingerprint density at radius 3 is 2.75 bits per heavy atom. The Hall–Kier alpha value is -1.95. The van der Waals surface area contributed by atoms with Crippen LogP contribution in [0.5, 0.6) is 11.5 Å². The third-order valence-electron chi connectivity index (χ3n) is 3.67. The van der Waals surface area contributed by atoms with Gasteiger partial charge in [0, 0.05) is 37.9 Å². The highest BCUT2D eigenvalue weighted by molar-refractivity contribution is 5.81. The van der Waals surface area contributed by atoms with Gasteiger partial charge in [-0.05, 0) is 19.2 Å². The van der Waals surface area contributed by atoms with Gasteiger partial charge in [0.1, 0.15) is 0 Å². The Bertz CT molecular complexity index is 498. The molecule has 0 bridgehead atoms. The Morgan fingerprint density at radius 2 is 1.95 bits per heavy atom. The Labute approximate surface area is 118 Å². The average molecular weight is 277 g/mol. The first-order chi connectivity index (χ1) is 9.72. The summed E-state index contributed by atoms with van der Waals surface area (Å²) in [5, 5.41) is 3.14. The molecule has 0 aromatic heterocycles. The third kappa shape index (κ3) is 2.80. The van der Waals surface area contributed by atoms with Gasteiger partial charge < -0.3 is 24.6 Å². The summed E-state index contributed by atoms with van der Waals surface area (Å²) in [7, 11) is 2.08. The third-order valence-corrected chi connectivity index (χ3v) is 3.67. The van der Waals surface area contributed by atoms with E-state index in [-0.39, 0.29) is 12.7 Å². The number of piperazine rings is 1. The first-order valence-electron chi connectivity index (χ1n) is 6.82. The molecule has 1 N–H and O–H groups in total. The van der Waals surface area contributed by atoms with Crippen LogP contribution in [0, 0.1) is 0 Å². The number of nitrogens with zero attached hydrogens (tertiary/aromatic N) is 2. The number of rotatable bonds is 3. The lowest BCUT2D eigenvalue weighted by Gasteiger charge is -2.32. The van der Waals surface area contributed by atoms with Gasteiger partial charge in [0.2, 0.25) is 12.7 Å². The topological polar surface area (TPSA) is 54.0 Å². The van der Waals surface area contributed by atoms with Crippen molar-refractivity contribution in [2.45, 2.75) is 0 Å². The molecule has 0 atom stereocenters. The van der Waals surface area contributed by atoms with Crippen LogP contribution in [0.1, 0.15) is 0 Å². The first kappa shape index (κ1) is 13.1. The first-order valence-corrected chi connectivity index (χ1v) is 6.82. The monoisotopic (exact) mass is 277 g/mol. The summed E-state index contributed by atoms with van der Waals surface area (Å²) >= 11 is 0. The normalized spacial score (nSPS) is 18.1. The maximum atomic E-state index is 12.1. The minimum Gasteiger partial charge on any atom is -0.454 e.